The second kappa shape index (κ2) is 40.1. The largest absolute Gasteiger partial charge is 0.462 e. The Kier molecular flexibility index (Phi) is 36.3. The molecule has 11 atom stereocenters. The van der Waals surface area contributed by atoms with E-state index in [0.717, 1.165) is 103 Å². The molecule has 0 saturated carbocycles. The predicted octanol–water partition coefficient (Wildman–Crippen LogP) is 7.49. The van der Waals surface area contributed by atoms with E-state index >= 15 is 0 Å². The molecule has 0 aliphatic carbocycles. The van der Waals surface area contributed by atoms with Gasteiger partial charge in [-0.1, -0.05) is 140 Å². The number of carbonyl (C=O) groups excluding carboxylic acids is 2. The quantitative estimate of drug-likeness (QED) is 0.0179. The highest BCUT2D eigenvalue weighted by Gasteiger charge is 2.47. The van der Waals surface area contributed by atoms with E-state index in [0.29, 0.717) is 12.8 Å². The van der Waals surface area contributed by atoms with Gasteiger partial charge in [-0.2, -0.15) is 0 Å². The smallest absolute Gasteiger partial charge is 0.306 e. The van der Waals surface area contributed by atoms with Crippen molar-refractivity contribution >= 4 is 11.9 Å². The number of ether oxygens (including phenoxy) is 6. The van der Waals surface area contributed by atoms with Crippen molar-refractivity contribution < 1.29 is 73.8 Å². The summed E-state index contributed by atoms with van der Waals surface area (Å²) in [6.45, 7) is 2.51. The zero-order chi connectivity index (χ0) is 49.6. The fourth-order valence-electron chi connectivity index (χ4n) is 7.92. The molecule has 2 aliphatic rings. The lowest BCUT2D eigenvalue weighted by Crippen LogP contribution is -2.61. The van der Waals surface area contributed by atoms with Crippen LogP contribution >= 0.6 is 0 Å². The van der Waals surface area contributed by atoms with E-state index in [1.807, 2.05) is 0 Å². The van der Waals surface area contributed by atoms with Crippen LogP contribution in [0.3, 0.4) is 0 Å². The number of aliphatic hydroxyl groups excluding tert-OH is 7. The van der Waals surface area contributed by atoms with E-state index < -0.39 is 99.3 Å². The zero-order valence-corrected chi connectivity index (χ0v) is 41.6. The molecule has 2 saturated heterocycles. The minimum atomic E-state index is -1.77. The van der Waals surface area contributed by atoms with E-state index in [1.54, 1.807) is 0 Å². The Bertz CT molecular complexity index is 1370. The van der Waals surface area contributed by atoms with Gasteiger partial charge in [-0.15, -0.1) is 0 Å². The molecular formula is C53H92O15. The average molecular weight is 969 g/mol. The summed E-state index contributed by atoms with van der Waals surface area (Å²) in [5, 5.41) is 72.1. The summed E-state index contributed by atoms with van der Waals surface area (Å²) < 4.78 is 33.6. The van der Waals surface area contributed by atoms with Crippen LogP contribution in [0, 0.1) is 0 Å². The van der Waals surface area contributed by atoms with Crippen LogP contribution in [0.1, 0.15) is 181 Å². The topological polar surface area (TPSA) is 231 Å². The molecule has 394 valence electrons. The molecule has 2 rings (SSSR count). The van der Waals surface area contributed by atoms with Gasteiger partial charge in [0.05, 0.1) is 19.8 Å². The number of aliphatic hydroxyl groups is 7. The van der Waals surface area contributed by atoms with Crippen LogP contribution in [0.25, 0.3) is 0 Å². The van der Waals surface area contributed by atoms with Crippen LogP contribution in [0.2, 0.25) is 0 Å². The molecule has 0 bridgehead atoms. The number of esters is 2. The van der Waals surface area contributed by atoms with Gasteiger partial charge in [0.15, 0.2) is 18.7 Å². The Morgan fingerprint density at radius 3 is 1.37 bits per heavy atom. The SMILES string of the molecule is CCCCC/C=C/C/C=C/CCCCCCCCCC(=O)O[C@H](COC(=O)CCCCCCC/C=C/C/C=C/CCCCC)CO[C@H]1O[C@@H](CO[C@H]2O[C@@H](CO)[C@@H](O)C(O)C2O)[C@@H](O)C(O)C1O. The van der Waals surface area contributed by atoms with Crippen molar-refractivity contribution in [2.75, 3.05) is 26.4 Å². The van der Waals surface area contributed by atoms with E-state index in [-0.39, 0.29) is 19.4 Å². The summed E-state index contributed by atoms with van der Waals surface area (Å²) >= 11 is 0. The lowest BCUT2D eigenvalue weighted by Gasteiger charge is -2.42. The first-order valence-corrected chi connectivity index (χ1v) is 26.2. The Labute approximate surface area is 408 Å². The van der Waals surface area contributed by atoms with Crippen molar-refractivity contribution in [3.05, 3.63) is 48.6 Å². The fourth-order valence-corrected chi connectivity index (χ4v) is 7.92. The summed E-state index contributed by atoms with van der Waals surface area (Å²) in [5.74, 6) is -0.951. The van der Waals surface area contributed by atoms with Crippen LogP contribution in [0.15, 0.2) is 48.6 Å². The van der Waals surface area contributed by atoms with Crippen molar-refractivity contribution in [2.24, 2.45) is 0 Å². The summed E-state index contributed by atoms with van der Waals surface area (Å²) in [6.07, 6.45) is 27.0. The van der Waals surface area contributed by atoms with Gasteiger partial charge in [0.2, 0.25) is 0 Å². The van der Waals surface area contributed by atoms with E-state index in [1.165, 1.54) is 38.5 Å². The highest BCUT2D eigenvalue weighted by atomic mass is 16.7. The van der Waals surface area contributed by atoms with Crippen LogP contribution in [0.5, 0.6) is 0 Å². The highest BCUT2D eigenvalue weighted by molar-refractivity contribution is 5.70. The fraction of sp³-hybridized carbons (Fsp3) is 0.811. The molecule has 15 nitrogen and oxygen atoms in total. The Hall–Kier alpha value is -2.54. The number of allylic oxidation sites excluding steroid dienone is 8. The second-order valence-electron chi connectivity index (χ2n) is 18.3. The Balaban J connectivity index is 1.81. The Morgan fingerprint density at radius 2 is 0.882 bits per heavy atom. The molecule has 0 aromatic rings. The molecule has 0 spiro atoms. The zero-order valence-electron chi connectivity index (χ0n) is 41.6. The van der Waals surface area contributed by atoms with Gasteiger partial charge in [-0.3, -0.25) is 9.59 Å². The van der Waals surface area contributed by atoms with Gasteiger partial charge in [-0.05, 0) is 77.0 Å². The third-order valence-corrected chi connectivity index (χ3v) is 12.3. The molecule has 4 unspecified atom stereocenters. The lowest BCUT2D eigenvalue weighted by atomic mass is 9.98. The molecular weight excluding hydrogens is 877 g/mol. The highest BCUT2D eigenvalue weighted by Crippen LogP contribution is 2.26. The van der Waals surface area contributed by atoms with E-state index in [4.69, 9.17) is 28.4 Å². The van der Waals surface area contributed by atoms with Crippen molar-refractivity contribution in [2.45, 2.75) is 248 Å². The molecule has 7 N–H and O–H groups in total. The molecule has 0 amide bonds. The summed E-state index contributed by atoms with van der Waals surface area (Å²) in [6, 6.07) is 0. The molecule has 2 heterocycles. The van der Waals surface area contributed by atoms with Crippen molar-refractivity contribution in [3.8, 4) is 0 Å². The number of unbranched alkanes of at least 4 members (excludes halogenated alkanes) is 18. The average Bonchev–Trinajstić information content (AvgIpc) is 3.33. The standard InChI is InChI=1S/C53H92O15/c1-3-5-7-9-11-13-15-17-19-20-22-24-26-28-30-32-34-36-45(56)66-41(38-63-44(55)35-33-31-29-27-25-23-21-18-16-14-12-10-8-6-4-2)39-64-52-51(62)49(60)47(58)43(68-52)40-65-53-50(61)48(59)46(57)42(37-54)67-53/h11-14,17-19,21,41-43,46-54,57-62H,3-10,15-16,20,22-40H2,1-2H3/b13-11+,14-12+,19-17+,21-18+/t41-,42+,43+,46-,47-,48?,49?,50?,51?,52+,53+/m1/s1. The number of hydrogen-bond donors (Lipinski definition) is 7. The second-order valence-corrected chi connectivity index (χ2v) is 18.3. The van der Waals surface area contributed by atoms with E-state index in [9.17, 15) is 45.3 Å². The predicted molar refractivity (Wildman–Crippen MR) is 261 cm³/mol. The first-order chi connectivity index (χ1) is 33.0. The molecule has 15 heteroatoms. The maximum absolute atomic E-state index is 13.0. The van der Waals surface area contributed by atoms with Gasteiger partial charge >= 0.3 is 11.9 Å². The van der Waals surface area contributed by atoms with Gasteiger partial charge in [0.1, 0.15) is 55.4 Å². The maximum atomic E-state index is 13.0. The first-order valence-electron chi connectivity index (χ1n) is 26.2. The monoisotopic (exact) mass is 969 g/mol. The van der Waals surface area contributed by atoms with Crippen LogP contribution in [-0.2, 0) is 38.0 Å². The third kappa shape index (κ3) is 27.7. The minimum absolute atomic E-state index is 0.152. The van der Waals surface area contributed by atoms with Crippen molar-refractivity contribution in [1.29, 1.82) is 0 Å². The van der Waals surface area contributed by atoms with Gasteiger partial charge < -0.3 is 64.2 Å². The Morgan fingerprint density at radius 1 is 0.471 bits per heavy atom. The summed E-state index contributed by atoms with van der Waals surface area (Å²) in [7, 11) is 0. The van der Waals surface area contributed by atoms with Crippen LogP contribution in [0.4, 0.5) is 0 Å². The lowest BCUT2D eigenvalue weighted by molar-refractivity contribution is -0.332. The number of rotatable bonds is 40. The van der Waals surface area contributed by atoms with Gasteiger partial charge in [0.25, 0.3) is 0 Å². The van der Waals surface area contributed by atoms with Crippen molar-refractivity contribution in [3.63, 3.8) is 0 Å². The first kappa shape index (κ1) is 61.6. The molecule has 68 heavy (non-hydrogen) atoms. The minimum Gasteiger partial charge on any atom is -0.462 e. The van der Waals surface area contributed by atoms with Crippen molar-refractivity contribution in [1.82, 2.24) is 0 Å². The number of hydrogen-bond acceptors (Lipinski definition) is 15. The number of carbonyl (C=O) groups is 2. The third-order valence-electron chi connectivity index (χ3n) is 12.3. The van der Waals surface area contributed by atoms with Gasteiger partial charge in [0, 0.05) is 12.8 Å². The molecule has 0 aromatic carbocycles. The molecule has 0 aromatic heterocycles. The normalized spacial score (nSPS) is 26.1. The summed E-state index contributed by atoms with van der Waals surface area (Å²) in [4.78, 5) is 25.8. The van der Waals surface area contributed by atoms with E-state index in [2.05, 4.69) is 62.5 Å². The molecule has 2 fully saturated rings. The molecule has 2 aliphatic heterocycles. The van der Waals surface area contributed by atoms with Gasteiger partial charge in [-0.25, -0.2) is 0 Å². The summed E-state index contributed by atoms with van der Waals surface area (Å²) in [5.41, 5.74) is 0. The maximum Gasteiger partial charge on any atom is 0.306 e. The van der Waals surface area contributed by atoms with Crippen LogP contribution < -0.4 is 0 Å². The van der Waals surface area contributed by atoms with Crippen LogP contribution in [-0.4, -0.2) is 142 Å². The molecule has 0 radical (unpaired) electrons.